The van der Waals surface area contributed by atoms with Gasteiger partial charge >= 0.3 is 0 Å². The number of benzene rings is 1. The summed E-state index contributed by atoms with van der Waals surface area (Å²) in [4.78, 5) is 9.01. The molecule has 0 amide bonds. The minimum absolute atomic E-state index is 0.582. The molecule has 0 radical (unpaired) electrons. The number of aromatic nitrogens is 2. The number of nitrogen functional groups attached to an aromatic ring is 2. The lowest BCUT2D eigenvalue weighted by atomic mass is 10.1. The van der Waals surface area contributed by atoms with E-state index in [0.717, 1.165) is 16.3 Å². The number of thiol groups is 1. The highest BCUT2D eigenvalue weighted by Gasteiger charge is 2.05. The standard InChI is InChI=1S/C11H12N4S/c12-8-6-9(13)10(16)4-7(8)5-11-14-2-1-3-15-11/h1-4,6,16H,5,12-13H2. The summed E-state index contributed by atoms with van der Waals surface area (Å²) < 4.78 is 0. The Hall–Kier alpha value is -1.75. The molecule has 0 aliphatic carbocycles. The van der Waals surface area contributed by atoms with Crippen LogP contribution in [0.4, 0.5) is 11.4 Å². The lowest BCUT2D eigenvalue weighted by Gasteiger charge is -2.07. The van der Waals surface area contributed by atoms with Crippen LogP contribution in [0.15, 0.2) is 35.5 Å². The van der Waals surface area contributed by atoms with Crippen LogP contribution in [0.2, 0.25) is 0 Å². The zero-order valence-electron chi connectivity index (χ0n) is 8.59. The van der Waals surface area contributed by atoms with Crippen LogP contribution >= 0.6 is 12.6 Å². The molecule has 0 saturated carbocycles. The Bertz CT molecular complexity index is 499. The second kappa shape index (κ2) is 4.40. The van der Waals surface area contributed by atoms with Crippen LogP contribution in [0, 0.1) is 0 Å². The van der Waals surface area contributed by atoms with Gasteiger partial charge in [-0.1, -0.05) is 0 Å². The van der Waals surface area contributed by atoms with Crippen LogP contribution in [0.5, 0.6) is 0 Å². The van der Waals surface area contributed by atoms with Gasteiger partial charge in [-0.05, 0) is 23.8 Å². The third-order valence-electron chi connectivity index (χ3n) is 2.26. The summed E-state index contributed by atoms with van der Waals surface area (Å²) in [6, 6.07) is 5.34. The van der Waals surface area contributed by atoms with Crippen LogP contribution < -0.4 is 11.5 Å². The number of hydrogen-bond donors (Lipinski definition) is 3. The molecular weight excluding hydrogens is 220 g/mol. The Kier molecular flexibility index (Phi) is 2.96. The molecular formula is C11H12N4S. The highest BCUT2D eigenvalue weighted by atomic mass is 32.1. The molecule has 16 heavy (non-hydrogen) atoms. The Morgan fingerprint density at radius 3 is 2.44 bits per heavy atom. The van der Waals surface area contributed by atoms with Crippen LogP contribution in [-0.2, 0) is 6.42 Å². The van der Waals surface area contributed by atoms with Crippen molar-refractivity contribution in [2.24, 2.45) is 0 Å². The minimum Gasteiger partial charge on any atom is -0.398 e. The number of anilines is 2. The summed E-state index contributed by atoms with van der Waals surface area (Å²) in [6.07, 6.45) is 4.00. The maximum absolute atomic E-state index is 5.87. The molecule has 2 rings (SSSR count). The quantitative estimate of drug-likeness (QED) is 0.542. The molecule has 2 aromatic rings. The summed E-state index contributed by atoms with van der Waals surface area (Å²) in [6.45, 7) is 0. The number of nitrogens with zero attached hydrogens (tertiary/aromatic N) is 2. The maximum Gasteiger partial charge on any atom is 0.132 e. The fourth-order valence-electron chi connectivity index (χ4n) is 1.41. The summed E-state index contributed by atoms with van der Waals surface area (Å²) in [5.74, 6) is 0.728. The molecule has 82 valence electrons. The zero-order valence-corrected chi connectivity index (χ0v) is 9.48. The van der Waals surface area contributed by atoms with E-state index >= 15 is 0 Å². The Morgan fingerprint density at radius 1 is 1.06 bits per heavy atom. The van der Waals surface area contributed by atoms with Gasteiger partial charge in [0.25, 0.3) is 0 Å². The van der Waals surface area contributed by atoms with Gasteiger partial charge in [0.1, 0.15) is 5.82 Å². The number of nitrogens with two attached hydrogens (primary N) is 2. The minimum atomic E-state index is 0.582. The van der Waals surface area contributed by atoms with Gasteiger partial charge in [0, 0.05) is 35.1 Å². The van der Waals surface area contributed by atoms with Crippen molar-refractivity contribution in [3.63, 3.8) is 0 Å². The Balaban J connectivity index is 2.32. The Morgan fingerprint density at radius 2 is 1.75 bits per heavy atom. The highest BCUT2D eigenvalue weighted by molar-refractivity contribution is 7.80. The van der Waals surface area contributed by atoms with Crippen molar-refractivity contribution >= 4 is 24.0 Å². The largest absolute Gasteiger partial charge is 0.398 e. The van der Waals surface area contributed by atoms with Crippen molar-refractivity contribution in [2.45, 2.75) is 11.3 Å². The van der Waals surface area contributed by atoms with Gasteiger partial charge in [-0.25, -0.2) is 9.97 Å². The van der Waals surface area contributed by atoms with Gasteiger partial charge in [0.15, 0.2) is 0 Å². The first kappa shape index (κ1) is 10.8. The molecule has 0 fully saturated rings. The normalized spacial score (nSPS) is 10.3. The molecule has 0 aliphatic heterocycles. The second-order valence-electron chi connectivity index (χ2n) is 3.45. The lowest BCUT2D eigenvalue weighted by Crippen LogP contribution is -2.01. The van der Waals surface area contributed by atoms with Gasteiger partial charge in [0.05, 0.1) is 0 Å². The summed E-state index contributed by atoms with van der Waals surface area (Å²) in [5, 5.41) is 0. The molecule has 0 atom stereocenters. The zero-order chi connectivity index (χ0) is 11.5. The summed E-state index contributed by atoms with van der Waals surface area (Å²) >= 11 is 4.26. The second-order valence-corrected chi connectivity index (χ2v) is 3.93. The molecule has 1 heterocycles. The van der Waals surface area contributed by atoms with E-state index in [1.165, 1.54) is 0 Å². The molecule has 0 unspecified atom stereocenters. The van der Waals surface area contributed by atoms with Crippen molar-refractivity contribution in [2.75, 3.05) is 11.5 Å². The van der Waals surface area contributed by atoms with Crippen LogP contribution in [-0.4, -0.2) is 9.97 Å². The van der Waals surface area contributed by atoms with E-state index < -0.39 is 0 Å². The molecule has 0 spiro atoms. The topological polar surface area (TPSA) is 77.8 Å². The first-order chi connectivity index (χ1) is 7.66. The van der Waals surface area contributed by atoms with Crippen LogP contribution in [0.25, 0.3) is 0 Å². The molecule has 0 bridgehead atoms. The van der Waals surface area contributed by atoms with E-state index in [1.54, 1.807) is 24.5 Å². The van der Waals surface area contributed by atoms with E-state index in [0.29, 0.717) is 17.8 Å². The highest BCUT2D eigenvalue weighted by Crippen LogP contribution is 2.24. The fourth-order valence-corrected chi connectivity index (χ4v) is 1.63. The van der Waals surface area contributed by atoms with Gasteiger partial charge in [-0.15, -0.1) is 12.6 Å². The first-order valence-electron chi connectivity index (χ1n) is 4.79. The van der Waals surface area contributed by atoms with Gasteiger partial charge in [0.2, 0.25) is 0 Å². The molecule has 4 N–H and O–H groups in total. The average molecular weight is 232 g/mol. The van der Waals surface area contributed by atoms with Crippen molar-refractivity contribution in [3.05, 3.63) is 42.0 Å². The van der Waals surface area contributed by atoms with Gasteiger partial charge in [-0.3, -0.25) is 0 Å². The van der Waals surface area contributed by atoms with E-state index in [9.17, 15) is 0 Å². The van der Waals surface area contributed by atoms with Gasteiger partial charge in [-0.2, -0.15) is 0 Å². The lowest BCUT2D eigenvalue weighted by molar-refractivity contribution is 0.967. The van der Waals surface area contributed by atoms with Crippen molar-refractivity contribution < 1.29 is 0 Å². The number of rotatable bonds is 2. The van der Waals surface area contributed by atoms with Crippen LogP contribution in [0.3, 0.4) is 0 Å². The predicted molar refractivity (Wildman–Crippen MR) is 67.4 cm³/mol. The van der Waals surface area contributed by atoms with E-state index in [4.69, 9.17) is 11.5 Å². The number of hydrogen-bond acceptors (Lipinski definition) is 5. The average Bonchev–Trinajstić information content (AvgIpc) is 2.27. The summed E-state index contributed by atoms with van der Waals surface area (Å²) in [7, 11) is 0. The van der Waals surface area contributed by atoms with E-state index in [1.807, 2.05) is 6.07 Å². The smallest absolute Gasteiger partial charge is 0.132 e. The molecule has 0 saturated heterocycles. The molecule has 4 nitrogen and oxygen atoms in total. The third-order valence-corrected chi connectivity index (χ3v) is 2.64. The van der Waals surface area contributed by atoms with Crippen molar-refractivity contribution in [1.82, 2.24) is 9.97 Å². The predicted octanol–water partition coefficient (Wildman–Crippen LogP) is 1.52. The molecule has 1 aromatic heterocycles. The van der Waals surface area contributed by atoms with Gasteiger partial charge < -0.3 is 11.5 Å². The first-order valence-corrected chi connectivity index (χ1v) is 5.24. The fraction of sp³-hybridized carbons (Fsp3) is 0.0909. The van der Waals surface area contributed by atoms with Crippen LogP contribution in [0.1, 0.15) is 11.4 Å². The summed E-state index contributed by atoms with van der Waals surface area (Å²) in [5.41, 5.74) is 13.7. The van der Waals surface area contributed by atoms with Crippen molar-refractivity contribution in [1.29, 1.82) is 0 Å². The maximum atomic E-state index is 5.87. The molecule has 0 aliphatic rings. The Labute approximate surface area is 99.1 Å². The third kappa shape index (κ3) is 2.25. The van der Waals surface area contributed by atoms with Crippen molar-refractivity contribution in [3.8, 4) is 0 Å². The molecule has 5 heteroatoms. The van der Waals surface area contributed by atoms with E-state index in [-0.39, 0.29) is 0 Å². The monoisotopic (exact) mass is 232 g/mol. The SMILES string of the molecule is Nc1cc(N)c(Cc2ncccn2)cc1S. The molecule has 1 aromatic carbocycles. The van der Waals surface area contributed by atoms with E-state index in [2.05, 4.69) is 22.6 Å².